The zero-order valence-electron chi connectivity index (χ0n) is 13.4. The third-order valence-corrected chi connectivity index (χ3v) is 4.09. The van der Waals surface area contributed by atoms with E-state index in [1.54, 1.807) is 0 Å². The summed E-state index contributed by atoms with van der Waals surface area (Å²) in [7, 11) is 0. The zero-order chi connectivity index (χ0) is 13.8. The van der Waals surface area contributed by atoms with Crippen LogP contribution in [0.4, 0.5) is 0 Å². The van der Waals surface area contributed by atoms with Crippen molar-refractivity contribution in [3.05, 3.63) is 0 Å². The van der Waals surface area contributed by atoms with E-state index in [-0.39, 0.29) is 5.54 Å². The van der Waals surface area contributed by atoms with E-state index in [4.69, 9.17) is 0 Å². The molecule has 2 unspecified atom stereocenters. The maximum absolute atomic E-state index is 3.65. The van der Waals surface area contributed by atoms with Crippen LogP contribution >= 0.6 is 0 Å². The van der Waals surface area contributed by atoms with Gasteiger partial charge in [-0.2, -0.15) is 0 Å². The maximum atomic E-state index is 3.65. The van der Waals surface area contributed by atoms with Crippen LogP contribution < -0.4 is 5.32 Å². The molecule has 1 fully saturated rings. The molecule has 0 aromatic carbocycles. The maximum Gasteiger partial charge on any atom is 0.0108 e. The van der Waals surface area contributed by atoms with E-state index >= 15 is 0 Å². The van der Waals surface area contributed by atoms with Crippen molar-refractivity contribution < 1.29 is 0 Å². The molecule has 0 spiro atoms. The van der Waals surface area contributed by atoms with Gasteiger partial charge in [0.25, 0.3) is 0 Å². The van der Waals surface area contributed by atoms with Crippen LogP contribution in [-0.4, -0.2) is 35.6 Å². The molecule has 1 saturated carbocycles. The third-order valence-electron chi connectivity index (χ3n) is 4.09. The molecular formula is C16H34N2. The van der Waals surface area contributed by atoms with Gasteiger partial charge in [-0.05, 0) is 66.0 Å². The van der Waals surface area contributed by atoms with Crippen molar-refractivity contribution in [1.29, 1.82) is 0 Å². The molecular weight excluding hydrogens is 220 g/mol. The summed E-state index contributed by atoms with van der Waals surface area (Å²) in [5.74, 6) is 0.724. The average molecular weight is 254 g/mol. The largest absolute Gasteiger partial charge is 0.312 e. The van der Waals surface area contributed by atoms with Crippen LogP contribution in [0.3, 0.4) is 0 Å². The highest BCUT2D eigenvalue weighted by molar-refractivity contribution is 4.89. The van der Waals surface area contributed by atoms with E-state index < -0.39 is 0 Å². The average Bonchev–Trinajstić information content (AvgIpc) is 3.09. The Morgan fingerprint density at radius 1 is 1.22 bits per heavy atom. The Labute approximate surface area is 115 Å². The Morgan fingerprint density at radius 2 is 1.83 bits per heavy atom. The van der Waals surface area contributed by atoms with Crippen molar-refractivity contribution >= 4 is 0 Å². The van der Waals surface area contributed by atoms with E-state index in [1.807, 2.05) is 0 Å². The van der Waals surface area contributed by atoms with Crippen molar-refractivity contribution in [2.24, 2.45) is 5.92 Å². The molecule has 2 nitrogen and oxygen atoms in total. The van der Waals surface area contributed by atoms with Gasteiger partial charge in [0, 0.05) is 17.6 Å². The van der Waals surface area contributed by atoms with Gasteiger partial charge in [0.05, 0.1) is 0 Å². The van der Waals surface area contributed by atoms with Gasteiger partial charge in [0.2, 0.25) is 0 Å². The molecule has 1 aliphatic rings. The Hall–Kier alpha value is -0.0800. The van der Waals surface area contributed by atoms with E-state index in [2.05, 4.69) is 51.8 Å². The quantitative estimate of drug-likeness (QED) is 0.711. The number of rotatable bonds is 8. The topological polar surface area (TPSA) is 15.3 Å². The molecule has 0 aromatic rings. The monoisotopic (exact) mass is 254 g/mol. The Kier molecular flexibility index (Phi) is 6.13. The lowest BCUT2D eigenvalue weighted by Crippen LogP contribution is -2.46. The molecule has 0 bridgehead atoms. The summed E-state index contributed by atoms with van der Waals surface area (Å²) in [6.07, 6.45) is 5.51. The number of hydrogen-bond acceptors (Lipinski definition) is 2. The molecule has 0 amide bonds. The highest BCUT2D eigenvalue weighted by atomic mass is 15.2. The molecule has 2 atom stereocenters. The van der Waals surface area contributed by atoms with Crippen molar-refractivity contribution in [2.75, 3.05) is 13.1 Å². The van der Waals surface area contributed by atoms with Crippen LogP contribution in [0.5, 0.6) is 0 Å². The normalized spacial score (nSPS) is 20.2. The fourth-order valence-corrected chi connectivity index (χ4v) is 2.43. The Balaban J connectivity index is 2.40. The lowest BCUT2D eigenvalue weighted by molar-refractivity contribution is 0.144. The van der Waals surface area contributed by atoms with Gasteiger partial charge >= 0.3 is 0 Å². The van der Waals surface area contributed by atoms with Crippen molar-refractivity contribution in [2.45, 2.75) is 84.8 Å². The fraction of sp³-hybridized carbons (Fsp3) is 1.00. The third kappa shape index (κ3) is 5.71. The van der Waals surface area contributed by atoms with Gasteiger partial charge < -0.3 is 5.32 Å². The molecule has 1 rings (SSSR count). The van der Waals surface area contributed by atoms with Gasteiger partial charge in [-0.3, -0.25) is 4.90 Å². The van der Waals surface area contributed by atoms with E-state index in [0.29, 0.717) is 6.04 Å². The predicted molar refractivity (Wildman–Crippen MR) is 81.0 cm³/mol. The minimum atomic E-state index is 0.238. The first-order valence-corrected chi connectivity index (χ1v) is 7.86. The molecule has 108 valence electrons. The standard InChI is InChI=1S/C16H34N2/c1-7-8-11-18(15-9-10-15)14(3)13(2)12-17-16(4,5)6/h13-15,17H,7-12H2,1-6H3. The van der Waals surface area contributed by atoms with Crippen molar-refractivity contribution in [1.82, 2.24) is 10.2 Å². The number of hydrogen-bond donors (Lipinski definition) is 1. The van der Waals surface area contributed by atoms with Crippen LogP contribution in [0, 0.1) is 5.92 Å². The van der Waals surface area contributed by atoms with E-state index in [9.17, 15) is 0 Å². The van der Waals surface area contributed by atoms with E-state index in [0.717, 1.165) is 18.5 Å². The fourth-order valence-electron chi connectivity index (χ4n) is 2.43. The van der Waals surface area contributed by atoms with Gasteiger partial charge in [0.15, 0.2) is 0 Å². The summed E-state index contributed by atoms with van der Waals surface area (Å²) in [5.41, 5.74) is 0.238. The minimum Gasteiger partial charge on any atom is -0.312 e. The summed E-state index contributed by atoms with van der Waals surface area (Å²) in [4.78, 5) is 2.76. The molecule has 0 radical (unpaired) electrons. The van der Waals surface area contributed by atoms with Gasteiger partial charge in [-0.15, -0.1) is 0 Å². The molecule has 0 aliphatic heterocycles. The highest BCUT2D eigenvalue weighted by Gasteiger charge is 2.33. The molecule has 0 saturated heterocycles. The molecule has 1 N–H and O–H groups in total. The van der Waals surface area contributed by atoms with Crippen LogP contribution in [0.15, 0.2) is 0 Å². The number of unbranched alkanes of at least 4 members (excludes halogenated alkanes) is 1. The van der Waals surface area contributed by atoms with Crippen molar-refractivity contribution in [3.63, 3.8) is 0 Å². The molecule has 18 heavy (non-hydrogen) atoms. The summed E-state index contributed by atoms with van der Waals surface area (Å²) in [6, 6.07) is 1.60. The van der Waals surface area contributed by atoms with Crippen LogP contribution in [0.25, 0.3) is 0 Å². The molecule has 1 aliphatic carbocycles. The second kappa shape index (κ2) is 6.91. The summed E-state index contributed by atoms with van der Waals surface area (Å²) in [5, 5.41) is 3.65. The first-order chi connectivity index (χ1) is 8.35. The number of nitrogens with zero attached hydrogens (tertiary/aromatic N) is 1. The summed E-state index contributed by atoms with van der Waals surface area (Å²) < 4.78 is 0. The highest BCUT2D eigenvalue weighted by Crippen LogP contribution is 2.30. The minimum absolute atomic E-state index is 0.238. The molecule has 2 heteroatoms. The first-order valence-electron chi connectivity index (χ1n) is 7.86. The summed E-state index contributed by atoms with van der Waals surface area (Å²) in [6.45, 7) is 16.3. The van der Waals surface area contributed by atoms with Crippen molar-refractivity contribution in [3.8, 4) is 0 Å². The van der Waals surface area contributed by atoms with Gasteiger partial charge in [-0.25, -0.2) is 0 Å². The molecule has 0 heterocycles. The first kappa shape index (κ1) is 16.0. The van der Waals surface area contributed by atoms with Gasteiger partial charge in [-0.1, -0.05) is 20.3 Å². The number of nitrogens with one attached hydrogen (secondary N) is 1. The lowest BCUT2D eigenvalue weighted by atomic mass is 9.99. The van der Waals surface area contributed by atoms with E-state index in [1.165, 1.54) is 32.2 Å². The predicted octanol–water partition coefficient (Wildman–Crippen LogP) is 3.66. The zero-order valence-corrected chi connectivity index (χ0v) is 13.4. The second-order valence-corrected chi connectivity index (χ2v) is 7.17. The Bertz CT molecular complexity index is 228. The Morgan fingerprint density at radius 3 is 2.28 bits per heavy atom. The summed E-state index contributed by atoms with van der Waals surface area (Å²) >= 11 is 0. The second-order valence-electron chi connectivity index (χ2n) is 7.17. The van der Waals surface area contributed by atoms with Crippen LogP contribution in [0.1, 0.15) is 67.2 Å². The van der Waals surface area contributed by atoms with Crippen LogP contribution in [0.2, 0.25) is 0 Å². The van der Waals surface area contributed by atoms with Gasteiger partial charge in [0.1, 0.15) is 0 Å². The smallest absolute Gasteiger partial charge is 0.0108 e. The molecule has 0 aromatic heterocycles. The lowest BCUT2D eigenvalue weighted by Gasteiger charge is -2.35. The van der Waals surface area contributed by atoms with Crippen LogP contribution in [-0.2, 0) is 0 Å². The SMILES string of the molecule is CCCCN(C1CC1)C(C)C(C)CNC(C)(C)C.